The average Bonchev–Trinajstić information content (AvgIpc) is 3.03. The smallest absolute Gasteiger partial charge is 0.255 e. The van der Waals surface area contributed by atoms with Gasteiger partial charge in [0.25, 0.3) is 5.91 Å². The van der Waals surface area contributed by atoms with E-state index in [0.717, 1.165) is 37.1 Å². The van der Waals surface area contributed by atoms with Crippen LogP contribution in [-0.4, -0.2) is 35.5 Å². The minimum atomic E-state index is 0.0745. The standard InChI is InChI=1S/C18H20N2O2/c1-22-17-9-3-2-6-14(17)12-16-8-5-11-20(16)18(21)15-7-4-10-19-13-15/h2-4,6-7,9-10,13,16H,5,8,11-12H2,1H3/t16-/m1/s1. The minimum Gasteiger partial charge on any atom is -0.496 e. The highest BCUT2D eigenvalue weighted by Gasteiger charge is 2.30. The number of aromatic nitrogens is 1. The predicted octanol–water partition coefficient (Wildman–Crippen LogP) is 2.94. The van der Waals surface area contributed by atoms with E-state index in [1.165, 1.54) is 0 Å². The van der Waals surface area contributed by atoms with Crippen molar-refractivity contribution < 1.29 is 9.53 Å². The molecule has 0 unspecified atom stereocenters. The Morgan fingerprint density at radius 3 is 2.95 bits per heavy atom. The lowest BCUT2D eigenvalue weighted by Gasteiger charge is -2.25. The first-order valence-electron chi connectivity index (χ1n) is 7.62. The normalized spacial score (nSPS) is 17.5. The highest BCUT2D eigenvalue weighted by molar-refractivity contribution is 5.94. The van der Waals surface area contributed by atoms with Gasteiger partial charge in [0.05, 0.1) is 12.7 Å². The Hall–Kier alpha value is -2.36. The van der Waals surface area contributed by atoms with E-state index in [2.05, 4.69) is 11.1 Å². The maximum atomic E-state index is 12.7. The van der Waals surface area contributed by atoms with Crippen molar-refractivity contribution in [1.29, 1.82) is 0 Å². The van der Waals surface area contributed by atoms with Gasteiger partial charge in [0, 0.05) is 25.0 Å². The quantitative estimate of drug-likeness (QED) is 0.871. The number of amides is 1. The number of hydrogen-bond donors (Lipinski definition) is 0. The molecule has 0 spiro atoms. The molecule has 1 aliphatic rings. The second-order valence-electron chi connectivity index (χ2n) is 5.55. The van der Waals surface area contributed by atoms with Gasteiger partial charge in [0.1, 0.15) is 5.75 Å². The van der Waals surface area contributed by atoms with E-state index in [1.54, 1.807) is 25.6 Å². The largest absolute Gasteiger partial charge is 0.496 e. The highest BCUT2D eigenvalue weighted by Crippen LogP contribution is 2.27. The molecule has 4 heteroatoms. The number of nitrogens with zero attached hydrogens (tertiary/aromatic N) is 2. The van der Waals surface area contributed by atoms with E-state index in [9.17, 15) is 4.79 Å². The summed E-state index contributed by atoms with van der Waals surface area (Å²) in [5.41, 5.74) is 1.82. The van der Waals surface area contributed by atoms with E-state index in [4.69, 9.17) is 4.74 Å². The molecule has 0 bridgehead atoms. The van der Waals surface area contributed by atoms with Crippen LogP contribution in [0.25, 0.3) is 0 Å². The molecule has 3 rings (SSSR count). The Labute approximate surface area is 130 Å². The molecule has 2 aromatic rings. The summed E-state index contributed by atoms with van der Waals surface area (Å²) >= 11 is 0. The van der Waals surface area contributed by atoms with Gasteiger partial charge >= 0.3 is 0 Å². The second-order valence-corrected chi connectivity index (χ2v) is 5.55. The molecule has 0 radical (unpaired) electrons. The zero-order chi connectivity index (χ0) is 15.4. The molecule has 0 aliphatic carbocycles. The van der Waals surface area contributed by atoms with Crippen LogP contribution in [0.3, 0.4) is 0 Å². The molecule has 4 nitrogen and oxygen atoms in total. The van der Waals surface area contributed by atoms with Crippen LogP contribution in [0.5, 0.6) is 5.75 Å². The van der Waals surface area contributed by atoms with Gasteiger partial charge in [-0.3, -0.25) is 9.78 Å². The van der Waals surface area contributed by atoms with Crippen molar-refractivity contribution in [3.63, 3.8) is 0 Å². The molecule has 1 atom stereocenters. The van der Waals surface area contributed by atoms with Crippen LogP contribution in [0, 0.1) is 0 Å². The minimum absolute atomic E-state index is 0.0745. The Bertz CT molecular complexity index is 643. The first-order valence-corrected chi connectivity index (χ1v) is 7.62. The number of rotatable bonds is 4. The number of pyridine rings is 1. The summed E-state index contributed by atoms with van der Waals surface area (Å²) in [7, 11) is 1.69. The van der Waals surface area contributed by atoms with Crippen molar-refractivity contribution in [2.24, 2.45) is 0 Å². The van der Waals surface area contributed by atoms with Gasteiger partial charge < -0.3 is 9.64 Å². The van der Waals surface area contributed by atoms with Crippen LogP contribution >= 0.6 is 0 Å². The third-order valence-electron chi connectivity index (χ3n) is 4.19. The molecular weight excluding hydrogens is 276 g/mol. The number of ether oxygens (including phenoxy) is 1. The topological polar surface area (TPSA) is 42.4 Å². The molecular formula is C18H20N2O2. The summed E-state index contributed by atoms with van der Waals surface area (Å²) in [6.45, 7) is 0.813. The fraction of sp³-hybridized carbons (Fsp3) is 0.333. The van der Waals surface area contributed by atoms with Gasteiger partial charge in [-0.2, -0.15) is 0 Å². The third kappa shape index (κ3) is 2.96. The number of carbonyl (C=O) groups is 1. The van der Waals surface area contributed by atoms with Gasteiger partial charge in [0.15, 0.2) is 0 Å². The van der Waals surface area contributed by atoms with Gasteiger partial charge in [-0.15, -0.1) is 0 Å². The number of carbonyl (C=O) groups excluding carboxylic acids is 1. The summed E-state index contributed by atoms with van der Waals surface area (Å²) in [4.78, 5) is 18.7. The van der Waals surface area contributed by atoms with Crippen LogP contribution in [0.15, 0.2) is 48.8 Å². The summed E-state index contributed by atoms with van der Waals surface area (Å²) in [6, 6.07) is 11.9. The van der Waals surface area contributed by atoms with E-state index in [0.29, 0.717) is 5.56 Å². The Morgan fingerprint density at radius 2 is 2.18 bits per heavy atom. The summed E-state index contributed by atoms with van der Waals surface area (Å²) in [6.07, 6.45) is 6.24. The van der Waals surface area contributed by atoms with Crippen molar-refractivity contribution >= 4 is 5.91 Å². The Morgan fingerprint density at radius 1 is 1.32 bits per heavy atom. The molecule has 1 saturated heterocycles. The van der Waals surface area contributed by atoms with Crippen LogP contribution < -0.4 is 4.74 Å². The Kier molecular flexibility index (Phi) is 4.37. The molecule has 22 heavy (non-hydrogen) atoms. The number of methoxy groups -OCH3 is 1. The van der Waals surface area contributed by atoms with Gasteiger partial charge in [-0.1, -0.05) is 18.2 Å². The van der Waals surface area contributed by atoms with Gasteiger partial charge in [-0.05, 0) is 43.0 Å². The highest BCUT2D eigenvalue weighted by atomic mass is 16.5. The maximum absolute atomic E-state index is 12.7. The van der Waals surface area contributed by atoms with Crippen LogP contribution in [0.1, 0.15) is 28.8 Å². The number of hydrogen-bond acceptors (Lipinski definition) is 3. The van der Waals surface area contributed by atoms with E-state index < -0.39 is 0 Å². The fourth-order valence-electron chi connectivity index (χ4n) is 3.10. The molecule has 0 N–H and O–H groups in total. The van der Waals surface area contributed by atoms with E-state index in [1.807, 2.05) is 29.2 Å². The van der Waals surface area contributed by atoms with Gasteiger partial charge in [-0.25, -0.2) is 0 Å². The Balaban J connectivity index is 1.77. The molecule has 1 fully saturated rings. The second kappa shape index (κ2) is 6.60. The number of benzene rings is 1. The maximum Gasteiger partial charge on any atom is 0.255 e. The molecule has 1 amide bonds. The lowest BCUT2D eigenvalue weighted by Crippen LogP contribution is -2.36. The molecule has 1 aromatic heterocycles. The van der Waals surface area contributed by atoms with Crippen LogP contribution in [-0.2, 0) is 6.42 Å². The summed E-state index contributed by atoms with van der Waals surface area (Å²) in [5.74, 6) is 0.966. The van der Waals surface area contributed by atoms with Crippen molar-refractivity contribution in [3.8, 4) is 5.75 Å². The zero-order valence-corrected chi connectivity index (χ0v) is 12.7. The van der Waals surface area contributed by atoms with Crippen LogP contribution in [0.2, 0.25) is 0 Å². The van der Waals surface area contributed by atoms with Crippen molar-refractivity contribution in [1.82, 2.24) is 9.88 Å². The first kappa shape index (κ1) is 14.6. The number of para-hydroxylation sites is 1. The van der Waals surface area contributed by atoms with E-state index >= 15 is 0 Å². The van der Waals surface area contributed by atoms with Gasteiger partial charge in [0.2, 0.25) is 0 Å². The summed E-state index contributed by atoms with van der Waals surface area (Å²) < 4.78 is 5.42. The monoisotopic (exact) mass is 296 g/mol. The lowest BCUT2D eigenvalue weighted by atomic mass is 10.0. The lowest BCUT2D eigenvalue weighted by molar-refractivity contribution is 0.0735. The summed E-state index contributed by atoms with van der Waals surface area (Å²) in [5, 5.41) is 0. The molecule has 114 valence electrons. The molecule has 1 aromatic carbocycles. The first-order chi connectivity index (χ1) is 10.8. The fourth-order valence-corrected chi connectivity index (χ4v) is 3.10. The molecule has 1 aliphatic heterocycles. The number of likely N-dealkylation sites (tertiary alicyclic amines) is 1. The van der Waals surface area contributed by atoms with Crippen molar-refractivity contribution in [2.45, 2.75) is 25.3 Å². The van der Waals surface area contributed by atoms with E-state index in [-0.39, 0.29) is 11.9 Å². The molecule has 2 heterocycles. The zero-order valence-electron chi connectivity index (χ0n) is 12.7. The van der Waals surface area contributed by atoms with Crippen molar-refractivity contribution in [2.75, 3.05) is 13.7 Å². The SMILES string of the molecule is COc1ccccc1C[C@H]1CCCN1C(=O)c1cccnc1. The van der Waals surface area contributed by atoms with Crippen molar-refractivity contribution in [3.05, 3.63) is 59.9 Å². The third-order valence-corrected chi connectivity index (χ3v) is 4.19. The average molecular weight is 296 g/mol. The molecule has 0 saturated carbocycles. The van der Waals surface area contributed by atoms with Crippen LogP contribution in [0.4, 0.5) is 0 Å². The predicted molar refractivity (Wildman–Crippen MR) is 85.0 cm³/mol.